The number of benzene rings is 1. The molecule has 0 bridgehead atoms. The van der Waals surface area contributed by atoms with E-state index in [9.17, 15) is 5.11 Å². The van der Waals surface area contributed by atoms with Gasteiger partial charge in [-0.15, -0.1) is 0 Å². The van der Waals surface area contributed by atoms with Gasteiger partial charge in [-0.25, -0.2) is 9.97 Å². The van der Waals surface area contributed by atoms with E-state index in [0.717, 1.165) is 16.8 Å². The van der Waals surface area contributed by atoms with Crippen molar-refractivity contribution in [2.24, 2.45) is 5.73 Å². The first-order valence-electron chi connectivity index (χ1n) is 5.54. The summed E-state index contributed by atoms with van der Waals surface area (Å²) in [4.78, 5) is 11.2. The molecule has 0 aliphatic heterocycles. The summed E-state index contributed by atoms with van der Waals surface area (Å²) in [5.41, 5.74) is 8.62. The van der Waals surface area contributed by atoms with Crippen molar-refractivity contribution in [2.45, 2.75) is 6.10 Å². The molecule has 0 amide bonds. The second kappa shape index (κ2) is 4.25. The van der Waals surface area contributed by atoms with E-state index in [1.807, 2.05) is 18.2 Å². The Morgan fingerprint density at radius 2 is 2.28 bits per heavy atom. The van der Waals surface area contributed by atoms with Gasteiger partial charge < -0.3 is 20.2 Å². The van der Waals surface area contributed by atoms with Crippen LogP contribution >= 0.6 is 0 Å². The number of nitrogens with one attached hydrogen (secondary N) is 1. The molecule has 3 rings (SSSR count). The number of aliphatic hydroxyl groups is 1. The highest BCUT2D eigenvalue weighted by Crippen LogP contribution is 2.23. The molecular weight excluding hydrogens is 232 g/mol. The molecule has 0 spiro atoms. The van der Waals surface area contributed by atoms with E-state index >= 15 is 0 Å². The molecule has 2 aromatic heterocycles. The largest absolute Gasteiger partial charge is 0.443 e. The highest BCUT2D eigenvalue weighted by Gasteiger charge is 2.11. The molecule has 3 aromatic rings. The Morgan fingerprint density at radius 3 is 3.11 bits per heavy atom. The molecule has 2 heterocycles. The zero-order chi connectivity index (χ0) is 12.5. The third kappa shape index (κ3) is 1.77. The number of aromatic nitrogens is 3. The van der Waals surface area contributed by atoms with Crippen molar-refractivity contribution < 1.29 is 9.52 Å². The molecule has 0 aliphatic rings. The van der Waals surface area contributed by atoms with Gasteiger partial charge in [-0.05, 0) is 12.1 Å². The van der Waals surface area contributed by atoms with Gasteiger partial charge in [0, 0.05) is 12.1 Å². The molecule has 18 heavy (non-hydrogen) atoms. The van der Waals surface area contributed by atoms with Crippen molar-refractivity contribution in [2.75, 3.05) is 6.54 Å². The lowest BCUT2D eigenvalue weighted by molar-refractivity contribution is 0.177. The standard InChI is InChI=1S/C12H12N4O2/c13-4-10(17)12-14-5-9(16-12)7-1-2-8-11(3-7)18-6-15-8/h1-3,5-6,10,17H,4,13H2,(H,14,16). The van der Waals surface area contributed by atoms with E-state index < -0.39 is 6.10 Å². The van der Waals surface area contributed by atoms with Crippen molar-refractivity contribution in [3.8, 4) is 11.3 Å². The van der Waals surface area contributed by atoms with E-state index in [4.69, 9.17) is 10.2 Å². The fraction of sp³-hybridized carbons (Fsp3) is 0.167. The Morgan fingerprint density at radius 1 is 1.39 bits per heavy atom. The number of rotatable bonds is 3. The molecule has 0 radical (unpaired) electrons. The van der Waals surface area contributed by atoms with Gasteiger partial charge in [0.1, 0.15) is 17.4 Å². The average molecular weight is 244 g/mol. The first-order chi connectivity index (χ1) is 8.78. The summed E-state index contributed by atoms with van der Waals surface area (Å²) in [6.07, 6.45) is 2.30. The molecule has 92 valence electrons. The molecule has 4 N–H and O–H groups in total. The van der Waals surface area contributed by atoms with Crippen molar-refractivity contribution in [1.82, 2.24) is 15.0 Å². The molecule has 0 fully saturated rings. The van der Waals surface area contributed by atoms with Crippen molar-refractivity contribution in [3.05, 3.63) is 36.6 Å². The van der Waals surface area contributed by atoms with Gasteiger partial charge in [-0.3, -0.25) is 0 Å². The average Bonchev–Trinajstić information content (AvgIpc) is 3.05. The van der Waals surface area contributed by atoms with Gasteiger partial charge in [0.15, 0.2) is 12.0 Å². The summed E-state index contributed by atoms with van der Waals surface area (Å²) in [6, 6.07) is 5.65. The maximum atomic E-state index is 9.58. The lowest BCUT2D eigenvalue weighted by atomic mass is 10.1. The van der Waals surface area contributed by atoms with E-state index in [1.165, 1.54) is 6.39 Å². The fourth-order valence-corrected chi connectivity index (χ4v) is 1.79. The number of nitrogens with zero attached hydrogens (tertiary/aromatic N) is 2. The molecule has 6 nitrogen and oxygen atoms in total. The van der Waals surface area contributed by atoms with Crippen LogP contribution in [-0.2, 0) is 0 Å². The zero-order valence-corrected chi connectivity index (χ0v) is 9.50. The molecular formula is C12H12N4O2. The summed E-state index contributed by atoms with van der Waals surface area (Å²) in [7, 11) is 0. The van der Waals surface area contributed by atoms with E-state index in [-0.39, 0.29) is 6.54 Å². The SMILES string of the molecule is NCC(O)c1ncc(-c2ccc3ncoc3c2)[nH]1. The highest BCUT2D eigenvalue weighted by atomic mass is 16.3. The minimum absolute atomic E-state index is 0.133. The number of H-pyrrole nitrogens is 1. The Bertz CT molecular complexity index is 673. The van der Waals surface area contributed by atoms with Crippen LogP contribution in [0.3, 0.4) is 0 Å². The van der Waals surface area contributed by atoms with Crippen LogP contribution in [0.5, 0.6) is 0 Å². The lowest BCUT2D eigenvalue weighted by Crippen LogP contribution is -2.12. The zero-order valence-electron chi connectivity index (χ0n) is 9.50. The van der Waals surface area contributed by atoms with Gasteiger partial charge in [0.25, 0.3) is 0 Å². The predicted octanol–water partition coefficient (Wildman–Crippen LogP) is 1.21. The minimum atomic E-state index is -0.771. The molecule has 1 unspecified atom stereocenters. The normalized spacial score (nSPS) is 13.0. The lowest BCUT2D eigenvalue weighted by Gasteiger charge is -2.02. The van der Waals surface area contributed by atoms with E-state index in [0.29, 0.717) is 11.4 Å². The Hall–Kier alpha value is -2.18. The molecule has 0 saturated heterocycles. The molecule has 1 aromatic carbocycles. The van der Waals surface area contributed by atoms with Crippen LogP contribution < -0.4 is 5.73 Å². The second-order valence-electron chi connectivity index (χ2n) is 3.97. The molecule has 6 heteroatoms. The highest BCUT2D eigenvalue weighted by molar-refractivity contribution is 5.78. The third-order valence-electron chi connectivity index (χ3n) is 2.78. The second-order valence-corrected chi connectivity index (χ2v) is 3.97. The predicted molar refractivity (Wildman–Crippen MR) is 65.6 cm³/mol. The van der Waals surface area contributed by atoms with Gasteiger partial charge >= 0.3 is 0 Å². The maximum Gasteiger partial charge on any atom is 0.181 e. The number of hydrogen-bond acceptors (Lipinski definition) is 5. The first-order valence-corrected chi connectivity index (χ1v) is 5.54. The number of nitrogens with two attached hydrogens (primary N) is 1. The van der Waals surface area contributed by atoms with Crippen molar-refractivity contribution in [1.29, 1.82) is 0 Å². The van der Waals surface area contributed by atoms with Crippen LogP contribution in [-0.4, -0.2) is 26.6 Å². The van der Waals surface area contributed by atoms with Gasteiger partial charge in [-0.1, -0.05) is 6.07 Å². The number of aromatic amines is 1. The maximum absolute atomic E-state index is 9.58. The van der Waals surface area contributed by atoms with Crippen LogP contribution in [0.15, 0.2) is 35.2 Å². The van der Waals surface area contributed by atoms with E-state index in [1.54, 1.807) is 6.20 Å². The summed E-state index contributed by atoms with van der Waals surface area (Å²) in [5, 5.41) is 9.58. The minimum Gasteiger partial charge on any atom is -0.443 e. The number of hydrogen-bond donors (Lipinski definition) is 3. The van der Waals surface area contributed by atoms with Crippen LogP contribution in [0.1, 0.15) is 11.9 Å². The first kappa shape index (κ1) is 10.9. The summed E-state index contributed by atoms with van der Waals surface area (Å²) < 4.78 is 5.24. The smallest absolute Gasteiger partial charge is 0.181 e. The molecule has 0 saturated carbocycles. The summed E-state index contributed by atoms with van der Waals surface area (Å²) in [5.74, 6) is 0.463. The fourth-order valence-electron chi connectivity index (χ4n) is 1.79. The number of fused-ring (bicyclic) bond motifs is 1. The monoisotopic (exact) mass is 244 g/mol. The Kier molecular flexibility index (Phi) is 2.58. The third-order valence-corrected chi connectivity index (χ3v) is 2.78. The van der Waals surface area contributed by atoms with Gasteiger partial charge in [0.2, 0.25) is 0 Å². The van der Waals surface area contributed by atoms with Crippen molar-refractivity contribution in [3.63, 3.8) is 0 Å². The van der Waals surface area contributed by atoms with Crippen LogP contribution in [0, 0.1) is 0 Å². The van der Waals surface area contributed by atoms with Crippen LogP contribution in [0.25, 0.3) is 22.4 Å². The molecule has 0 aliphatic carbocycles. The van der Waals surface area contributed by atoms with Crippen molar-refractivity contribution >= 4 is 11.1 Å². The number of oxazole rings is 1. The number of imidazole rings is 1. The quantitative estimate of drug-likeness (QED) is 0.642. The van der Waals surface area contributed by atoms with E-state index in [2.05, 4.69) is 15.0 Å². The number of aliphatic hydroxyl groups excluding tert-OH is 1. The van der Waals surface area contributed by atoms with Gasteiger partial charge in [0.05, 0.1) is 11.9 Å². The van der Waals surface area contributed by atoms with Crippen LogP contribution in [0.2, 0.25) is 0 Å². The Balaban J connectivity index is 2.00. The van der Waals surface area contributed by atoms with Gasteiger partial charge in [-0.2, -0.15) is 0 Å². The summed E-state index contributed by atoms with van der Waals surface area (Å²) in [6.45, 7) is 0.133. The topological polar surface area (TPSA) is 101 Å². The van der Waals surface area contributed by atoms with Crippen LogP contribution in [0.4, 0.5) is 0 Å². The molecule has 1 atom stereocenters. The summed E-state index contributed by atoms with van der Waals surface area (Å²) >= 11 is 0. The Labute approximate surface area is 102 Å².